The molecule has 22 heavy (non-hydrogen) atoms. The van der Waals surface area contributed by atoms with Gasteiger partial charge in [-0.15, -0.1) is 10.2 Å². The van der Waals surface area contributed by atoms with Crippen LogP contribution in [0.25, 0.3) is 0 Å². The van der Waals surface area contributed by atoms with Gasteiger partial charge in [-0.2, -0.15) is 0 Å². The molecule has 118 valence electrons. The molecule has 0 spiro atoms. The summed E-state index contributed by atoms with van der Waals surface area (Å²) in [7, 11) is 1.70. The van der Waals surface area contributed by atoms with Crippen LogP contribution in [0.4, 0.5) is 0 Å². The minimum absolute atomic E-state index is 0.193. The van der Waals surface area contributed by atoms with Crippen molar-refractivity contribution in [1.82, 2.24) is 15.1 Å². The Morgan fingerprint density at radius 1 is 1.18 bits per heavy atom. The summed E-state index contributed by atoms with van der Waals surface area (Å²) in [5, 5.41) is 8.07. The van der Waals surface area contributed by atoms with Gasteiger partial charge in [0.2, 0.25) is 11.8 Å². The maximum absolute atomic E-state index is 5.56. The molecule has 1 aliphatic heterocycles. The predicted octanol–water partition coefficient (Wildman–Crippen LogP) is 3.33. The Bertz CT molecular complexity index is 601. The lowest BCUT2D eigenvalue weighted by Crippen LogP contribution is -2.35. The molecule has 1 aromatic carbocycles. The van der Waals surface area contributed by atoms with Gasteiger partial charge in [-0.05, 0) is 56.5 Å². The van der Waals surface area contributed by atoms with Crippen molar-refractivity contribution in [3.8, 4) is 5.75 Å². The number of benzene rings is 1. The predicted molar refractivity (Wildman–Crippen MR) is 84.0 cm³/mol. The van der Waals surface area contributed by atoms with Crippen molar-refractivity contribution in [2.24, 2.45) is 0 Å². The lowest BCUT2D eigenvalue weighted by molar-refractivity contribution is 0.142. The number of aromatic nitrogens is 2. The van der Waals surface area contributed by atoms with Crippen molar-refractivity contribution in [2.75, 3.05) is 20.2 Å². The summed E-state index contributed by atoms with van der Waals surface area (Å²) in [6.45, 7) is 6.08. The largest absolute Gasteiger partial charge is 0.497 e. The Hall–Kier alpha value is -1.88. The number of nitrogens with zero attached hydrogens (tertiary/aromatic N) is 3. The molecule has 1 fully saturated rings. The number of rotatable bonds is 4. The standard InChI is InChI=1S/C17H23N3O2/c1-12(17-19-18-13(2)22-17)20-10-8-15(9-11-20)14-4-6-16(21-3)7-5-14/h4-7,12,15H,8-11H2,1-3H3/t12-/m1/s1. The number of methoxy groups -OCH3 is 1. The zero-order valence-corrected chi connectivity index (χ0v) is 13.5. The average Bonchev–Trinajstić information content (AvgIpc) is 3.01. The summed E-state index contributed by atoms with van der Waals surface area (Å²) >= 11 is 0. The number of aryl methyl sites for hydroxylation is 1. The first-order chi connectivity index (χ1) is 10.7. The molecule has 1 aliphatic rings. The van der Waals surface area contributed by atoms with Gasteiger partial charge >= 0.3 is 0 Å². The van der Waals surface area contributed by atoms with Gasteiger partial charge in [0.05, 0.1) is 13.2 Å². The first kappa shape index (κ1) is 15.0. The second kappa shape index (κ2) is 6.48. The third-order valence-electron chi connectivity index (χ3n) is 4.56. The van der Waals surface area contributed by atoms with E-state index in [2.05, 4.69) is 34.2 Å². The van der Waals surface area contributed by atoms with Gasteiger partial charge in [-0.25, -0.2) is 0 Å². The molecular formula is C17H23N3O2. The number of likely N-dealkylation sites (tertiary alicyclic amines) is 1. The quantitative estimate of drug-likeness (QED) is 0.867. The molecule has 5 heteroatoms. The Balaban J connectivity index is 1.59. The van der Waals surface area contributed by atoms with Crippen LogP contribution in [0.5, 0.6) is 5.75 Å². The van der Waals surface area contributed by atoms with E-state index in [1.54, 1.807) is 7.11 Å². The minimum Gasteiger partial charge on any atom is -0.497 e. The zero-order valence-electron chi connectivity index (χ0n) is 13.5. The molecule has 0 radical (unpaired) electrons. The summed E-state index contributed by atoms with van der Waals surface area (Å²) in [5.74, 6) is 2.90. The summed E-state index contributed by atoms with van der Waals surface area (Å²) in [6.07, 6.45) is 2.31. The number of hydrogen-bond donors (Lipinski definition) is 0. The molecule has 0 amide bonds. The third kappa shape index (κ3) is 3.14. The van der Waals surface area contributed by atoms with E-state index >= 15 is 0 Å². The first-order valence-electron chi connectivity index (χ1n) is 7.85. The van der Waals surface area contributed by atoms with Gasteiger partial charge in [0.1, 0.15) is 5.75 Å². The molecule has 0 unspecified atom stereocenters. The Labute approximate surface area is 131 Å². The van der Waals surface area contributed by atoms with Gasteiger partial charge in [0.15, 0.2) is 0 Å². The van der Waals surface area contributed by atoms with E-state index in [1.807, 2.05) is 19.1 Å². The van der Waals surface area contributed by atoms with Crippen LogP contribution < -0.4 is 4.74 Å². The first-order valence-corrected chi connectivity index (χ1v) is 7.85. The van der Waals surface area contributed by atoms with Crippen LogP contribution in [0.2, 0.25) is 0 Å². The van der Waals surface area contributed by atoms with Crippen LogP contribution in [-0.2, 0) is 0 Å². The SMILES string of the molecule is COc1ccc(C2CCN([C@H](C)c3nnc(C)o3)CC2)cc1. The molecule has 0 aliphatic carbocycles. The molecule has 2 aromatic rings. The van der Waals surface area contributed by atoms with E-state index in [1.165, 1.54) is 5.56 Å². The van der Waals surface area contributed by atoms with Gasteiger partial charge in [0, 0.05) is 6.92 Å². The highest BCUT2D eigenvalue weighted by atomic mass is 16.5. The van der Waals surface area contributed by atoms with Crippen molar-refractivity contribution < 1.29 is 9.15 Å². The van der Waals surface area contributed by atoms with Crippen molar-refractivity contribution in [3.05, 3.63) is 41.6 Å². The van der Waals surface area contributed by atoms with E-state index < -0.39 is 0 Å². The van der Waals surface area contributed by atoms with E-state index in [0.717, 1.165) is 37.6 Å². The van der Waals surface area contributed by atoms with Gasteiger partial charge in [-0.1, -0.05) is 12.1 Å². The van der Waals surface area contributed by atoms with E-state index in [4.69, 9.17) is 9.15 Å². The lowest BCUT2D eigenvalue weighted by atomic mass is 9.89. The smallest absolute Gasteiger partial charge is 0.233 e. The molecule has 5 nitrogen and oxygen atoms in total. The zero-order chi connectivity index (χ0) is 15.5. The van der Waals surface area contributed by atoms with Crippen LogP contribution in [0.15, 0.2) is 28.7 Å². The molecular weight excluding hydrogens is 278 g/mol. The van der Waals surface area contributed by atoms with Crippen LogP contribution in [0, 0.1) is 6.92 Å². The fraction of sp³-hybridized carbons (Fsp3) is 0.529. The molecule has 1 atom stereocenters. The number of piperidine rings is 1. The average molecular weight is 301 g/mol. The van der Waals surface area contributed by atoms with E-state index in [9.17, 15) is 0 Å². The fourth-order valence-corrected chi connectivity index (χ4v) is 3.13. The van der Waals surface area contributed by atoms with Crippen LogP contribution in [-0.4, -0.2) is 35.3 Å². The molecule has 3 rings (SSSR count). The summed E-state index contributed by atoms with van der Waals surface area (Å²) < 4.78 is 10.8. The normalized spacial score (nSPS) is 18.3. The fourth-order valence-electron chi connectivity index (χ4n) is 3.13. The van der Waals surface area contributed by atoms with E-state index in [0.29, 0.717) is 11.8 Å². The maximum Gasteiger partial charge on any atom is 0.233 e. The summed E-state index contributed by atoms with van der Waals surface area (Å²) in [4.78, 5) is 2.42. The van der Waals surface area contributed by atoms with E-state index in [-0.39, 0.29) is 6.04 Å². The highest BCUT2D eigenvalue weighted by Crippen LogP contribution is 2.32. The Kier molecular flexibility index (Phi) is 4.43. The number of ether oxygens (including phenoxy) is 1. The molecule has 1 saturated heterocycles. The highest BCUT2D eigenvalue weighted by Gasteiger charge is 2.26. The molecule has 0 bridgehead atoms. The minimum atomic E-state index is 0.193. The highest BCUT2D eigenvalue weighted by molar-refractivity contribution is 5.29. The summed E-state index contributed by atoms with van der Waals surface area (Å²) in [5.41, 5.74) is 1.40. The second-order valence-electron chi connectivity index (χ2n) is 5.92. The third-order valence-corrected chi connectivity index (χ3v) is 4.56. The molecule has 2 heterocycles. The van der Waals surface area contributed by atoms with Gasteiger partial charge in [0.25, 0.3) is 0 Å². The Morgan fingerprint density at radius 2 is 1.86 bits per heavy atom. The topological polar surface area (TPSA) is 51.4 Å². The van der Waals surface area contributed by atoms with Crippen molar-refractivity contribution in [1.29, 1.82) is 0 Å². The van der Waals surface area contributed by atoms with Crippen LogP contribution in [0.1, 0.15) is 49.1 Å². The van der Waals surface area contributed by atoms with Crippen LogP contribution >= 0.6 is 0 Å². The van der Waals surface area contributed by atoms with Gasteiger partial charge < -0.3 is 9.15 Å². The van der Waals surface area contributed by atoms with Crippen molar-refractivity contribution in [3.63, 3.8) is 0 Å². The van der Waals surface area contributed by atoms with Crippen molar-refractivity contribution in [2.45, 2.75) is 38.6 Å². The molecule has 0 saturated carbocycles. The molecule has 1 aromatic heterocycles. The molecule has 0 N–H and O–H groups in total. The lowest BCUT2D eigenvalue weighted by Gasteiger charge is -2.34. The van der Waals surface area contributed by atoms with Crippen molar-refractivity contribution >= 4 is 0 Å². The van der Waals surface area contributed by atoms with Gasteiger partial charge in [-0.3, -0.25) is 4.90 Å². The second-order valence-corrected chi connectivity index (χ2v) is 5.92. The summed E-state index contributed by atoms with van der Waals surface area (Å²) in [6, 6.07) is 8.66. The van der Waals surface area contributed by atoms with Crippen LogP contribution in [0.3, 0.4) is 0 Å². The maximum atomic E-state index is 5.56. The monoisotopic (exact) mass is 301 g/mol. The Morgan fingerprint density at radius 3 is 2.41 bits per heavy atom. The number of hydrogen-bond acceptors (Lipinski definition) is 5.